The van der Waals surface area contributed by atoms with Gasteiger partial charge in [0.1, 0.15) is 11.8 Å². The van der Waals surface area contributed by atoms with Crippen LogP contribution in [-0.2, 0) is 9.53 Å². The molecule has 1 aromatic carbocycles. The van der Waals surface area contributed by atoms with Crippen molar-refractivity contribution >= 4 is 34.7 Å². The van der Waals surface area contributed by atoms with Gasteiger partial charge in [-0.25, -0.2) is 9.79 Å². The monoisotopic (exact) mass is 510 g/mol. The number of benzene rings is 1. The summed E-state index contributed by atoms with van der Waals surface area (Å²) < 4.78 is 13.5. The minimum atomic E-state index is -0.557. The molecule has 3 aromatic rings. The Kier molecular flexibility index (Phi) is 8.03. The third-order valence-electron chi connectivity index (χ3n) is 5.59. The number of unbranched alkanes of at least 4 members (excludes halogenated alkanes) is 2. The number of nitrogens with zero attached hydrogens (tertiary/aromatic N) is 2. The highest BCUT2D eigenvalue weighted by atomic mass is 32.1. The molecule has 0 unspecified atom stereocenters. The summed E-state index contributed by atoms with van der Waals surface area (Å²) in [4.78, 5) is 32.7. The average Bonchev–Trinajstić information content (AvgIpc) is 3.45. The molecule has 0 saturated carbocycles. The van der Waals surface area contributed by atoms with Crippen molar-refractivity contribution in [2.45, 2.75) is 59.1 Å². The largest absolute Gasteiger partial charge is 0.494 e. The molecule has 4 rings (SSSR count). The molecular formula is C27H30N2O4S2. The van der Waals surface area contributed by atoms with Crippen molar-refractivity contribution in [1.29, 1.82) is 0 Å². The zero-order valence-corrected chi connectivity index (χ0v) is 22.1. The minimum absolute atomic E-state index is 0.172. The fourth-order valence-corrected chi connectivity index (χ4v) is 5.80. The van der Waals surface area contributed by atoms with Gasteiger partial charge in [-0.3, -0.25) is 9.36 Å². The first-order valence-electron chi connectivity index (χ1n) is 11.9. The molecule has 8 heteroatoms. The van der Waals surface area contributed by atoms with E-state index in [9.17, 15) is 9.59 Å². The summed E-state index contributed by atoms with van der Waals surface area (Å²) in [6, 6.07) is 11.0. The van der Waals surface area contributed by atoms with Crippen molar-refractivity contribution in [2.75, 3.05) is 6.61 Å². The number of thiophene rings is 1. The van der Waals surface area contributed by atoms with E-state index in [1.165, 1.54) is 22.7 Å². The molecule has 2 aromatic heterocycles. The van der Waals surface area contributed by atoms with Crippen LogP contribution in [0.3, 0.4) is 0 Å². The molecular weight excluding hydrogens is 480 g/mol. The molecule has 184 valence electrons. The molecule has 0 aliphatic carbocycles. The number of esters is 1. The van der Waals surface area contributed by atoms with E-state index in [-0.39, 0.29) is 11.7 Å². The molecule has 1 aliphatic heterocycles. The van der Waals surface area contributed by atoms with Crippen LogP contribution in [0, 0.1) is 0 Å². The zero-order chi connectivity index (χ0) is 24.9. The quantitative estimate of drug-likeness (QED) is 0.306. The Morgan fingerprint density at radius 1 is 1.20 bits per heavy atom. The van der Waals surface area contributed by atoms with Gasteiger partial charge in [0.05, 0.1) is 28.5 Å². The van der Waals surface area contributed by atoms with E-state index in [1.807, 2.05) is 61.7 Å². The topological polar surface area (TPSA) is 69.9 Å². The van der Waals surface area contributed by atoms with Crippen LogP contribution in [0.5, 0.6) is 5.75 Å². The second-order valence-corrected chi connectivity index (χ2v) is 10.7. The number of fused-ring (bicyclic) bond motifs is 1. The molecule has 6 nitrogen and oxygen atoms in total. The third kappa shape index (κ3) is 5.65. The summed E-state index contributed by atoms with van der Waals surface area (Å²) in [6.45, 7) is 8.29. The lowest BCUT2D eigenvalue weighted by Gasteiger charge is -2.24. The molecule has 0 spiro atoms. The summed E-state index contributed by atoms with van der Waals surface area (Å²) in [6.07, 6.45) is 4.95. The molecule has 35 heavy (non-hydrogen) atoms. The van der Waals surface area contributed by atoms with Gasteiger partial charge >= 0.3 is 5.97 Å². The Morgan fingerprint density at radius 3 is 2.63 bits per heavy atom. The molecule has 0 bridgehead atoms. The van der Waals surface area contributed by atoms with Crippen LogP contribution in [0.15, 0.2) is 62.8 Å². The number of ether oxygens (including phenoxy) is 2. The lowest BCUT2D eigenvalue weighted by atomic mass is 10.0. The van der Waals surface area contributed by atoms with E-state index < -0.39 is 12.0 Å². The van der Waals surface area contributed by atoms with Crippen LogP contribution >= 0.6 is 22.7 Å². The van der Waals surface area contributed by atoms with Crippen LogP contribution in [0.4, 0.5) is 0 Å². The van der Waals surface area contributed by atoms with E-state index in [2.05, 4.69) is 11.9 Å². The van der Waals surface area contributed by atoms with E-state index in [4.69, 9.17) is 9.47 Å². The van der Waals surface area contributed by atoms with Crippen molar-refractivity contribution in [3.05, 3.63) is 83.2 Å². The smallest absolute Gasteiger partial charge is 0.338 e. The normalized spacial score (nSPS) is 15.8. The molecule has 3 heterocycles. The number of carbonyl (C=O) groups excluding carboxylic acids is 1. The van der Waals surface area contributed by atoms with Gasteiger partial charge in [-0.15, -0.1) is 11.3 Å². The molecule has 0 fully saturated rings. The van der Waals surface area contributed by atoms with Gasteiger partial charge in [-0.05, 0) is 62.4 Å². The zero-order valence-electron chi connectivity index (χ0n) is 20.4. The number of hydrogen-bond donors (Lipinski definition) is 0. The number of carbonyl (C=O) groups is 1. The average molecular weight is 511 g/mol. The van der Waals surface area contributed by atoms with E-state index in [0.717, 1.165) is 35.5 Å². The first kappa shape index (κ1) is 25.1. The number of thiazole rings is 1. The van der Waals surface area contributed by atoms with Crippen LogP contribution in [0.25, 0.3) is 6.08 Å². The summed E-state index contributed by atoms with van der Waals surface area (Å²) in [5, 5.41) is 1.94. The molecule has 1 atom stereocenters. The number of rotatable bonds is 9. The fourth-order valence-electron chi connectivity index (χ4n) is 3.93. The maximum atomic E-state index is 13.6. The Bertz CT molecular complexity index is 1380. The molecule has 0 radical (unpaired) electrons. The second kappa shape index (κ2) is 11.2. The molecule has 0 N–H and O–H groups in total. The first-order valence-corrected chi connectivity index (χ1v) is 13.6. The lowest BCUT2D eigenvalue weighted by molar-refractivity contribution is -0.143. The van der Waals surface area contributed by atoms with Gasteiger partial charge in [0.15, 0.2) is 4.80 Å². The van der Waals surface area contributed by atoms with Crippen molar-refractivity contribution < 1.29 is 14.3 Å². The van der Waals surface area contributed by atoms with Crippen LogP contribution in [0.2, 0.25) is 0 Å². The molecule has 1 aliphatic rings. The van der Waals surface area contributed by atoms with Crippen molar-refractivity contribution in [1.82, 2.24) is 4.57 Å². The lowest BCUT2D eigenvalue weighted by Crippen LogP contribution is -2.39. The first-order chi connectivity index (χ1) is 16.9. The van der Waals surface area contributed by atoms with Gasteiger partial charge < -0.3 is 9.47 Å². The summed E-state index contributed by atoms with van der Waals surface area (Å²) >= 11 is 2.83. The Balaban J connectivity index is 1.71. The summed E-state index contributed by atoms with van der Waals surface area (Å²) in [7, 11) is 0. The van der Waals surface area contributed by atoms with Crippen LogP contribution in [-0.4, -0.2) is 23.2 Å². The van der Waals surface area contributed by atoms with Crippen LogP contribution < -0.4 is 19.6 Å². The van der Waals surface area contributed by atoms with Gasteiger partial charge in [0.25, 0.3) is 5.56 Å². The number of aromatic nitrogens is 1. The molecule has 0 saturated heterocycles. The maximum absolute atomic E-state index is 13.6. The maximum Gasteiger partial charge on any atom is 0.338 e. The van der Waals surface area contributed by atoms with Crippen molar-refractivity contribution in [3.63, 3.8) is 0 Å². The predicted octanol–water partition coefficient (Wildman–Crippen LogP) is 4.82. The van der Waals surface area contributed by atoms with Crippen LogP contribution in [0.1, 0.15) is 63.4 Å². The van der Waals surface area contributed by atoms with Gasteiger partial charge in [-0.1, -0.05) is 49.3 Å². The SMILES string of the molecule is CCCCCOc1ccc(/C=c2\sc3n(c2=O)[C@@H](c2cccs2)C(C(=O)OC(C)C)=C(C)N=3)cc1. The van der Waals surface area contributed by atoms with E-state index in [1.54, 1.807) is 11.5 Å². The minimum Gasteiger partial charge on any atom is -0.494 e. The van der Waals surface area contributed by atoms with Crippen molar-refractivity contribution in [3.8, 4) is 5.75 Å². The Morgan fingerprint density at radius 2 is 1.97 bits per heavy atom. The van der Waals surface area contributed by atoms with Crippen molar-refractivity contribution in [2.24, 2.45) is 4.99 Å². The predicted molar refractivity (Wildman–Crippen MR) is 141 cm³/mol. The molecule has 0 amide bonds. The van der Waals surface area contributed by atoms with Gasteiger partial charge in [0, 0.05) is 4.88 Å². The standard InChI is InChI=1S/C27H30N2O4S2/c1-5-6-7-14-32-20-12-10-19(11-13-20)16-22-25(30)29-24(21-9-8-15-34-21)23(26(31)33-17(2)3)18(4)28-27(29)35-22/h8-13,15-17,24H,5-7,14H2,1-4H3/b22-16-/t24-/m0/s1. The summed E-state index contributed by atoms with van der Waals surface area (Å²) in [5.41, 5.74) is 1.71. The highest BCUT2D eigenvalue weighted by Gasteiger charge is 2.34. The highest BCUT2D eigenvalue weighted by molar-refractivity contribution is 7.10. The number of hydrogen-bond acceptors (Lipinski definition) is 7. The van der Waals surface area contributed by atoms with Gasteiger partial charge in [0.2, 0.25) is 0 Å². The Labute approximate surface area is 212 Å². The second-order valence-electron chi connectivity index (χ2n) is 8.68. The Hall–Kier alpha value is -2.97. The van der Waals surface area contributed by atoms with E-state index in [0.29, 0.717) is 27.2 Å². The number of allylic oxidation sites excluding steroid dienone is 1. The third-order valence-corrected chi connectivity index (χ3v) is 7.50. The van der Waals surface area contributed by atoms with Gasteiger partial charge in [-0.2, -0.15) is 0 Å². The van der Waals surface area contributed by atoms with E-state index >= 15 is 0 Å². The summed E-state index contributed by atoms with van der Waals surface area (Å²) in [5.74, 6) is 0.379. The fraction of sp³-hybridized carbons (Fsp3) is 0.370. The highest BCUT2D eigenvalue weighted by Crippen LogP contribution is 2.33.